The minimum absolute atomic E-state index is 0. The van der Waals surface area contributed by atoms with Crippen molar-refractivity contribution in [2.75, 3.05) is 31.8 Å². The van der Waals surface area contributed by atoms with E-state index in [0.717, 1.165) is 28.6 Å². The van der Waals surface area contributed by atoms with Gasteiger partial charge in [-0.05, 0) is 32.4 Å². The Labute approximate surface area is 171 Å². The molecule has 1 saturated carbocycles. The van der Waals surface area contributed by atoms with Gasteiger partial charge in [0.15, 0.2) is 11.1 Å². The van der Waals surface area contributed by atoms with E-state index in [1.54, 1.807) is 11.3 Å². The van der Waals surface area contributed by atoms with Gasteiger partial charge in [-0.3, -0.25) is 0 Å². The summed E-state index contributed by atoms with van der Waals surface area (Å²) in [5, 5.41) is 10.9. The lowest BCUT2D eigenvalue weighted by molar-refractivity contribution is 0.419. The van der Waals surface area contributed by atoms with E-state index in [1.807, 2.05) is 30.8 Å². The van der Waals surface area contributed by atoms with Gasteiger partial charge in [-0.25, -0.2) is 9.98 Å². The zero-order valence-corrected chi connectivity index (χ0v) is 19.0. The average Bonchev–Trinajstić information content (AvgIpc) is 3.02. The van der Waals surface area contributed by atoms with Gasteiger partial charge in [0.2, 0.25) is 0 Å². The molecule has 24 heavy (non-hydrogen) atoms. The summed E-state index contributed by atoms with van der Waals surface area (Å²) in [6, 6.07) is 0.534. The first-order valence-electron chi connectivity index (χ1n) is 8.31. The molecule has 0 bridgehead atoms. The molecule has 2 atom stereocenters. The van der Waals surface area contributed by atoms with E-state index in [4.69, 9.17) is 4.99 Å². The SMILES string of the molecule is CCNC(=NCc1csc(N(C)C)n1)NC1CCCC(SC)C1.I. The molecule has 1 heterocycles. The molecule has 1 aromatic rings. The Kier molecular flexibility index (Phi) is 10.4. The Bertz CT molecular complexity index is 506. The van der Waals surface area contributed by atoms with Crippen LogP contribution < -0.4 is 15.5 Å². The molecule has 0 amide bonds. The van der Waals surface area contributed by atoms with Gasteiger partial charge in [0.05, 0.1) is 12.2 Å². The maximum Gasteiger partial charge on any atom is 0.191 e. The second kappa shape index (κ2) is 11.4. The van der Waals surface area contributed by atoms with E-state index in [2.05, 4.69) is 34.2 Å². The van der Waals surface area contributed by atoms with Crippen molar-refractivity contribution in [1.29, 1.82) is 0 Å². The summed E-state index contributed by atoms with van der Waals surface area (Å²) in [6.45, 7) is 3.61. The number of guanidine groups is 1. The largest absolute Gasteiger partial charge is 0.357 e. The zero-order chi connectivity index (χ0) is 16.7. The number of nitrogens with zero attached hydrogens (tertiary/aromatic N) is 3. The Morgan fingerprint density at radius 3 is 2.88 bits per heavy atom. The minimum Gasteiger partial charge on any atom is -0.357 e. The van der Waals surface area contributed by atoms with Crippen molar-refractivity contribution < 1.29 is 0 Å². The quantitative estimate of drug-likeness (QED) is 0.368. The lowest BCUT2D eigenvalue weighted by Crippen LogP contribution is -2.45. The van der Waals surface area contributed by atoms with Gasteiger partial charge in [0.25, 0.3) is 0 Å². The van der Waals surface area contributed by atoms with Crippen molar-refractivity contribution in [3.05, 3.63) is 11.1 Å². The predicted molar refractivity (Wildman–Crippen MR) is 119 cm³/mol. The van der Waals surface area contributed by atoms with E-state index in [9.17, 15) is 0 Å². The van der Waals surface area contributed by atoms with Crippen LogP contribution in [0.15, 0.2) is 10.4 Å². The van der Waals surface area contributed by atoms with Gasteiger partial charge >= 0.3 is 0 Å². The number of hydrogen-bond donors (Lipinski definition) is 2. The summed E-state index contributed by atoms with van der Waals surface area (Å²) < 4.78 is 0. The molecule has 2 N–H and O–H groups in total. The molecule has 1 aliphatic rings. The monoisotopic (exact) mass is 483 g/mol. The first-order chi connectivity index (χ1) is 11.1. The van der Waals surface area contributed by atoms with Crippen LogP contribution in [0.5, 0.6) is 0 Å². The molecule has 0 spiro atoms. The maximum atomic E-state index is 4.71. The van der Waals surface area contributed by atoms with Crippen molar-refractivity contribution in [3.63, 3.8) is 0 Å². The van der Waals surface area contributed by atoms with Crippen LogP contribution >= 0.6 is 47.1 Å². The molecule has 0 aromatic carbocycles. The number of hydrogen-bond acceptors (Lipinski definition) is 5. The number of rotatable bonds is 6. The number of anilines is 1. The van der Waals surface area contributed by atoms with Crippen LogP contribution in [0.25, 0.3) is 0 Å². The van der Waals surface area contributed by atoms with Gasteiger partial charge in [-0.1, -0.05) is 6.42 Å². The van der Waals surface area contributed by atoms with Crippen molar-refractivity contribution >= 4 is 58.2 Å². The number of aromatic nitrogens is 1. The molecule has 8 heteroatoms. The summed E-state index contributed by atoms with van der Waals surface area (Å²) >= 11 is 3.66. The summed E-state index contributed by atoms with van der Waals surface area (Å²) in [4.78, 5) is 11.3. The van der Waals surface area contributed by atoms with Crippen LogP contribution in [0.2, 0.25) is 0 Å². The fourth-order valence-electron chi connectivity index (χ4n) is 2.74. The van der Waals surface area contributed by atoms with E-state index in [1.165, 1.54) is 25.7 Å². The second-order valence-electron chi connectivity index (χ2n) is 6.08. The number of thiazole rings is 1. The molecule has 0 saturated heterocycles. The molecule has 1 aliphatic carbocycles. The normalized spacial score (nSPS) is 21.1. The van der Waals surface area contributed by atoms with Crippen LogP contribution in [0.1, 0.15) is 38.3 Å². The van der Waals surface area contributed by atoms with Gasteiger partial charge in [-0.2, -0.15) is 11.8 Å². The molecular weight excluding hydrogens is 453 g/mol. The second-order valence-corrected chi connectivity index (χ2v) is 8.05. The predicted octanol–water partition coefficient (Wildman–Crippen LogP) is 3.56. The molecule has 1 aromatic heterocycles. The molecule has 2 rings (SSSR count). The lowest BCUT2D eigenvalue weighted by atomic mass is 9.95. The number of nitrogens with one attached hydrogen (secondary N) is 2. The Balaban J connectivity index is 0.00000288. The van der Waals surface area contributed by atoms with Gasteiger partial charge in [0.1, 0.15) is 0 Å². The smallest absolute Gasteiger partial charge is 0.191 e. The molecule has 1 fully saturated rings. The van der Waals surface area contributed by atoms with Crippen molar-refractivity contribution in [2.45, 2.75) is 50.4 Å². The van der Waals surface area contributed by atoms with Gasteiger partial charge < -0.3 is 15.5 Å². The summed E-state index contributed by atoms with van der Waals surface area (Å²) in [5.41, 5.74) is 1.03. The van der Waals surface area contributed by atoms with E-state index in [-0.39, 0.29) is 24.0 Å². The summed E-state index contributed by atoms with van der Waals surface area (Å²) in [7, 11) is 4.03. The fourth-order valence-corrected chi connectivity index (χ4v) is 4.31. The zero-order valence-electron chi connectivity index (χ0n) is 15.0. The molecule has 138 valence electrons. The van der Waals surface area contributed by atoms with Crippen LogP contribution in [0.3, 0.4) is 0 Å². The molecule has 0 radical (unpaired) electrons. The van der Waals surface area contributed by atoms with Crippen LogP contribution in [0.4, 0.5) is 5.13 Å². The van der Waals surface area contributed by atoms with Crippen LogP contribution in [-0.4, -0.2) is 49.1 Å². The number of aliphatic imine (C=N–C) groups is 1. The third-order valence-corrected chi connectivity index (χ3v) is 6.12. The maximum absolute atomic E-state index is 4.71. The van der Waals surface area contributed by atoms with Gasteiger partial charge in [0, 0.05) is 37.3 Å². The van der Waals surface area contributed by atoms with E-state index < -0.39 is 0 Å². The van der Waals surface area contributed by atoms with Crippen molar-refractivity contribution in [2.24, 2.45) is 4.99 Å². The lowest BCUT2D eigenvalue weighted by Gasteiger charge is -2.29. The fraction of sp³-hybridized carbons (Fsp3) is 0.750. The topological polar surface area (TPSA) is 52.6 Å². The highest BCUT2D eigenvalue weighted by Gasteiger charge is 2.21. The van der Waals surface area contributed by atoms with E-state index >= 15 is 0 Å². The van der Waals surface area contributed by atoms with Gasteiger partial charge in [-0.15, -0.1) is 35.3 Å². The molecule has 5 nitrogen and oxygen atoms in total. The third-order valence-electron chi connectivity index (χ3n) is 3.97. The Hall–Kier alpha value is -0.220. The van der Waals surface area contributed by atoms with Crippen molar-refractivity contribution in [3.8, 4) is 0 Å². The average molecular weight is 483 g/mol. The highest BCUT2D eigenvalue weighted by molar-refractivity contribution is 14.0. The first kappa shape index (κ1) is 21.8. The third kappa shape index (κ3) is 6.95. The van der Waals surface area contributed by atoms with E-state index in [0.29, 0.717) is 12.6 Å². The number of halogens is 1. The first-order valence-corrected chi connectivity index (χ1v) is 10.5. The van der Waals surface area contributed by atoms with Crippen LogP contribution in [0, 0.1) is 0 Å². The van der Waals surface area contributed by atoms with Crippen molar-refractivity contribution in [1.82, 2.24) is 15.6 Å². The molecular formula is C16H30IN5S2. The number of thioether (sulfide) groups is 1. The molecule has 0 aliphatic heterocycles. The minimum atomic E-state index is 0. The summed E-state index contributed by atoms with van der Waals surface area (Å²) in [5.74, 6) is 0.915. The standard InChI is InChI=1S/C16H29N5S2.HI/c1-5-17-15(19-12-7-6-8-14(9-12)22-4)18-10-13-11-23-16(20-13)21(2)3;/h11-12,14H,5-10H2,1-4H3,(H2,17,18,19);1H. The molecule has 2 unspecified atom stereocenters. The summed E-state index contributed by atoms with van der Waals surface area (Å²) in [6.07, 6.45) is 7.34. The Morgan fingerprint density at radius 2 is 2.25 bits per heavy atom. The Morgan fingerprint density at radius 1 is 1.46 bits per heavy atom. The highest BCUT2D eigenvalue weighted by atomic mass is 127. The highest BCUT2D eigenvalue weighted by Crippen LogP contribution is 2.26. The van der Waals surface area contributed by atoms with Crippen LogP contribution in [-0.2, 0) is 6.54 Å².